The third-order valence-electron chi connectivity index (χ3n) is 1.11. The molecule has 0 bridgehead atoms. The Bertz CT molecular complexity index is 169. The summed E-state index contributed by atoms with van der Waals surface area (Å²) < 4.78 is 1.14. The Kier molecular flexibility index (Phi) is 10.4. The van der Waals surface area contributed by atoms with Gasteiger partial charge in [0.05, 0.1) is 0 Å². The van der Waals surface area contributed by atoms with Crippen LogP contribution in [0.2, 0.25) is 0 Å². The van der Waals surface area contributed by atoms with Gasteiger partial charge in [-0.3, -0.25) is 0 Å². The number of benzene rings is 1. The van der Waals surface area contributed by atoms with Crippen molar-refractivity contribution in [3.05, 3.63) is 35.9 Å². The SMILES string of the molecule is O.O.[Cl][Sn][CH2]c1ccccc1. The van der Waals surface area contributed by atoms with Crippen molar-refractivity contribution in [3.8, 4) is 0 Å². The van der Waals surface area contributed by atoms with Crippen LogP contribution < -0.4 is 0 Å². The third-order valence-corrected chi connectivity index (χ3v) is 3.56. The van der Waals surface area contributed by atoms with Crippen LogP contribution in [-0.2, 0) is 4.44 Å². The van der Waals surface area contributed by atoms with E-state index in [1.165, 1.54) is 5.56 Å². The summed E-state index contributed by atoms with van der Waals surface area (Å²) in [5.74, 6) is 0. The van der Waals surface area contributed by atoms with E-state index < -0.39 is 20.0 Å². The second-order valence-corrected chi connectivity index (χ2v) is 5.36. The summed E-state index contributed by atoms with van der Waals surface area (Å²) in [6.07, 6.45) is 0. The Balaban J connectivity index is 0. The fourth-order valence-corrected chi connectivity index (χ4v) is 2.82. The molecule has 2 radical (unpaired) electrons. The molecule has 0 atom stereocenters. The van der Waals surface area contributed by atoms with Gasteiger partial charge in [0.15, 0.2) is 0 Å². The van der Waals surface area contributed by atoms with Crippen LogP contribution in [-0.4, -0.2) is 31.0 Å². The van der Waals surface area contributed by atoms with Crippen LogP contribution in [0.1, 0.15) is 5.56 Å². The van der Waals surface area contributed by atoms with Crippen LogP contribution in [0.25, 0.3) is 0 Å². The number of hydrogen-bond donors (Lipinski definition) is 0. The van der Waals surface area contributed by atoms with Crippen molar-refractivity contribution in [2.45, 2.75) is 4.44 Å². The molecule has 0 aliphatic rings. The molecule has 0 aliphatic heterocycles. The Morgan fingerprint density at radius 3 is 2.09 bits per heavy atom. The monoisotopic (exact) mass is 282 g/mol. The van der Waals surface area contributed by atoms with Gasteiger partial charge in [0, 0.05) is 0 Å². The van der Waals surface area contributed by atoms with Crippen LogP contribution in [0.4, 0.5) is 0 Å². The quantitative estimate of drug-likeness (QED) is 0.704. The zero-order valence-electron chi connectivity index (χ0n) is 5.97. The summed E-state index contributed by atoms with van der Waals surface area (Å²) in [5, 5.41) is 0. The molecule has 11 heavy (non-hydrogen) atoms. The summed E-state index contributed by atoms with van der Waals surface area (Å²) in [5.41, 5.74) is 1.39. The molecule has 1 rings (SSSR count). The average Bonchev–Trinajstić information content (AvgIpc) is 1.91. The molecule has 0 fully saturated rings. The number of rotatable bonds is 2. The van der Waals surface area contributed by atoms with Gasteiger partial charge in [0.25, 0.3) is 0 Å². The van der Waals surface area contributed by atoms with Gasteiger partial charge < -0.3 is 11.0 Å². The maximum atomic E-state index is 5.71. The van der Waals surface area contributed by atoms with Gasteiger partial charge in [-0.15, -0.1) is 0 Å². The van der Waals surface area contributed by atoms with Crippen molar-refractivity contribution >= 4 is 28.9 Å². The molecule has 4 heteroatoms. The van der Waals surface area contributed by atoms with Crippen LogP contribution in [0.15, 0.2) is 30.3 Å². The Morgan fingerprint density at radius 1 is 1.09 bits per heavy atom. The first-order valence-electron chi connectivity index (χ1n) is 2.81. The molecule has 0 spiro atoms. The molecule has 0 saturated carbocycles. The molecule has 1 aromatic carbocycles. The summed E-state index contributed by atoms with van der Waals surface area (Å²) >= 11 is -0.542. The number of halogens is 1. The van der Waals surface area contributed by atoms with Crippen molar-refractivity contribution in [1.82, 2.24) is 0 Å². The van der Waals surface area contributed by atoms with E-state index in [1.54, 1.807) is 0 Å². The average molecular weight is 281 g/mol. The van der Waals surface area contributed by atoms with E-state index in [4.69, 9.17) is 8.92 Å². The van der Waals surface area contributed by atoms with E-state index in [9.17, 15) is 0 Å². The molecule has 2 nitrogen and oxygen atoms in total. The predicted octanol–water partition coefficient (Wildman–Crippen LogP) is 0.395. The second kappa shape index (κ2) is 8.33. The molecule has 0 saturated heterocycles. The Hall–Kier alpha value is 0.229. The van der Waals surface area contributed by atoms with Gasteiger partial charge >= 0.3 is 69.3 Å². The summed E-state index contributed by atoms with van der Waals surface area (Å²) in [6.45, 7) is 0. The van der Waals surface area contributed by atoms with Crippen molar-refractivity contribution in [3.63, 3.8) is 0 Å². The van der Waals surface area contributed by atoms with Crippen LogP contribution in [0.3, 0.4) is 0 Å². The van der Waals surface area contributed by atoms with E-state index in [1.807, 2.05) is 6.07 Å². The first-order chi connectivity index (χ1) is 4.43. The van der Waals surface area contributed by atoms with E-state index in [2.05, 4.69) is 24.3 Å². The molecular weight excluding hydrogens is 270 g/mol. The predicted molar refractivity (Wildman–Crippen MR) is 49.0 cm³/mol. The molecule has 1 aromatic rings. The van der Waals surface area contributed by atoms with Gasteiger partial charge in [-0.05, 0) is 0 Å². The maximum absolute atomic E-state index is 5.71. The summed E-state index contributed by atoms with van der Waals surface area (Å²) in [4.78, 5) is 0. The standard InChI is InChI=1S/C7H7.ClH.2H2O.Sn/c1-7-5-3-2-4-6-7;;;;/h2-6H,1H2;1H;2*1H2;/q;;;;+1/p-1. The van der Waals surface area contributed by atoms with E-state index in [-0.39, 0.29) is 11.0 Å². The van der Waals surface area contributed by atoms with Crippen molar-refractivity contribution < 1.29 is 11.0 Å². The number of hydrogen-bond acceptors (Lipinski definition) is 0. The Morgan fingerprint density at radius 2 is 1.64 bits per heavy atom. The fraction of sp³-hybridized carbons (Fsp3) is 0.143. The summed E-state index contributed by atoms with van der Waals surface area (Å²) in [6, 6.07) is 10.4. The van der Waals surface area contributed by atoms with Crippen LogP contribution >= 0.6 is 8.92 Å². The molecule has 0 heterocycles. The minimum absolute atomic E-state index is 0. The van der Waals surface area contributed by atoms with Gasteiger partial charge in [-0.2, -0.15) is 0 Å². The third kappa shape index (κ3) is 5.49. The minimum atomic E-state index is -0.542. The molecule has 0 aromatic heterocycles. The van der Waals surface area contributed by atoms with Crippen molar-refractivity contribution in [1.29, 1.82) is 0 Å². The molecular formula is C7H11ClO2Sn. The summed E-state index contributed by atoms with van der Waals surface area (Å²) in [7, 11) is 5.71. The van der Waals surface area contributed by atoms with Crippen LogP contribution in [0.5, 0.6) is 0 Å². The molecule has 4 N–H and O–H groups in total. The van der Waals surface area contributed by atoms with Crippen molar-refractivity contribution in [2.24, 2.45) is 0 Å². The molecule has 0 amide bonds. The van der Waals surface area contributed by atoms with Gasteiger partial charge in [0.1, 0.15) is 0 Å². The van der Waals surface area contributed by atoms with Gasteiger partial charge in [-0.1, -0.05) is 0 Å². The van der Waals surface area contributed by atoms with Gasteiger partial charge in [-0.25, -0.2) is 0 Å². The van der Waals surface area contributed by atoms with E-state index in [0.717, 1.165) is 4.44 Å². The van der Waals surface area contributed by atoms with Crippen molar-refractivity contribution in [2.75, 3.05) is 0 Å². The molecule has 0 unspecified atom stereocenters. The zero-order valence-corrected chi connectivity index (χ0v) is 9.58. The normalized spacial score (nSPS) is 7.73. The van der Waals surface area contributed by atoms with E-state index >= 15 is 0 Å². The van der Waals surface area contributed by atoms with Crippen LogP contribution in [0, 0.1) is 0 Å². The first kappa shape index (κ1) is 13.8. The van der Waals surface area contributed by atoms with Gasteiger partial charge in [0.2, 0.25) is 0 Å². The molecule has 0 aliphatic carbocycles. The zero-order chi connectivity index (χ0) is 6.53. The fourth-order valence-electron chi connectivity index (χ4n) is 0.673. The topological polar surface area (TPSA) is 63.0 Å². The second-order valence-electron chi connectivity index (χ2n) is 1.80. The molecule has 62 valence electrons. The Labute approximate surface area is 80.1 Å². The first-order valence-corrected chi connectivity index (χ1v) is 8.44. The van der Waals surface area contributed by atoms with E-state index in [0.29, 0.717) is 0 Å².